The minimum Gasteiger partial charge on any atom is -0.493 e. The average molecular weight is 526 g/mol. The molecule has 0 saturated carbocycles. The summed E-state index contributed by atoms with van der Waals surface area (Å²) in [7, 11) is 3.08. The van der Waals surface area contributed by atoms with E-state index in [0.29, 0.717) is 34.1 Å². The summed E-state index contributed by atoms with van der Waals surface area (Å²) >= 11 is 0. The van der Waals surface area contributed by atoms with Crippen LogP contribution in [0.2, 0.25) is 0 Å². The number of nitrogen functional groups attached to an aromatic ring is 1. The number of para-hydroxylation sites is 1. The number of hydrazine groups is 1. The number of nitrogens with one attached hydrogen (secondary N) is 4. The summed E-state index contributed by atoms with van der Waals surface area (Å²) in [6.45, 7) is 0.285. The number of benzene rings is 4. The lowest BCUT2D eigenvalue weighted by molar-refractivity contribution is -0.121. The number of methoxy groups -OCH3 is 2. The molecule has 0 fully saturated rings. The average Bonchev–Trinajstić information content (AvgIpc) is 2.98. The highest BCUT2D eigenvalue weighted by Gasteiger charge is 2.27. The topological polar surface area (TPSA) is 131 Å². The Balaban J connectivity index is 1.71. The molecule has 0 radical (unpaired) electrons. The first-order chi connectivity index (χ1) is 19.0. The second kappa shape index (κ2) is 12.9. The van der Waals surface area contributed by atoms with E-state index in [-0.39, 0.29) is 18.3 Å². The molecule has 6 N–H and O–H groups in total. The van der Waals surface area contributed by atoms with E-state index in [1.165, 1.54) is 7.11 Å². The molecule has 0 aromatic heterocycles. The maximum Gasteiger partial charge on any atom is 0.265 e. The number of amidine groups is 1. The van der Waals surface area contributed by atoms with Crippen LogP contribution in [0, 0.1) is 5.41 Å². The lowest BCUT2D eigenvalue weighted by Crippen LogP contribution is -2.37. The third-order valence-corrected chi connectivity index (χ3v) is 5.94. The van der Waals surface area contributed by atoms with E-state index in [0.717, 1.165) is 11.3 Å². The third-order valence-electron chi connectivity index (χ3n) is 5.94. The molecule has 1 atom stereocenters. The Morgan fingerprint density at radius 2 is 1.44 bits per heavy atom. The van der Waals surface area contributed by atoms with Gasteiger partial charge < -0.3 is 25.3 Å². The predicted molar refractivity (Wildman–Crippen MR) is 152 cm³/mol. The van der Waals surface area contributed by atoms with Crippen LogP contribution in [-0.2, 0) is 11.4 Å². The quantitative estimate of drug-likeness (QED) is 0.101. The van der Waals surface area contributed by atoms with Crippen LogP contribution in [0.15, 0.2) is 97.1 Å². The van der Waals surface area contributed by atoms with Crippen LogP contribution in [-0.4, -0.2) is 26.0 Å². The standard InChI is InChI=1S/C30H31N5O4/c1-37-26-17-24(25(18-27(26)38-2)39-19-20-9-5-3-6-10-20)28(30(36)35-34-23-11-7-4-8-12-23)33-22-15-13-21(14-16-22)29(31)32/h3-18,28,33-34H,19H2,1-2H3,(H3,31,32)(H,35,36). The van der Waals surface area contributed by atoms with Crippen LogP contribution in [0.25, 0.3) is 0 Å². The van der Waals surface area contributed by atoms with Gasteiger partial charge >= 0.3 is 0 Å². The molecule has 1 amide bonds. The van der Waals surface area contributed by atoms with Crippen molar-refractivity contribution in [1.29, 1.82) is 5.41 Å². The van der Waals surface area contributed by atoms with Crippen molar-refractivity contribution in [3.63, 3.8) is 0 Å². The minimum atomic E-state index is -0.907. The summed E-state index contributed by atoms with van der Waals surface area (Å²) in [6, 6.07) is 28.5. The van der Waals surface area contributed by atoms with Crippen molar-refractivity contribution < 1.29 is 19.0 Å². The number of anilines is 2. The van der Waals surface area contributed by atoms with Crippen LogP contribution in [0.5, 0.6) is 17.2 Å². The molecule has 0 aliphatic carbocycles. The molecule has 0 bridgehead atoms. The van der Waals surface area contributed by atoms with Crippen LogP contribution in [0.4, 0.5) is 11.4 Å². The summed E-state index contributed by atoms with van der Waals surface area (Å²) in [5.74, 6) is 0.952. The van der Waals surface area contributed by atoms with Gasteiger partial charge in [-0.2, -0.15) is 0 Å². The van der Waals surface area contributed by atoms with Gasteiger partial charge in [-0.1, -0.05) is 48.5 Å². The molecule has 0 heterocycles. The van der Waals surface area contributed by atoms with E-state index in [9.17, 15) is 4.79 Å². The minimum absolute atomic E-state index is 0.0422. The molecule has 9 heteroatoms. The normalized spacial score (nSPS) is 11.1. The SMILES string of the molecule is COc1cc(OCc2ccccc2)c(C(Nc2ccc(C(=N)N)cc2)C(=O)NNc2ccccc2)cc1OC. The molecule has 200 valence electrons. The van der Waals surface area contributed by atoms with Crippen LogP contribution >= 0.6 is 0 Å². The van der Waals surface area contributed by atoms with Gasteiger partial charge in [0.1, 0.15) is 24.2 Å². The third kappa shape index (κ3) is 6.98. The van der Waals surface area contributed by atoms with Gasteiger partial charge in [-0.05, 0) is 48.0 Å². The fourth-order valence-corrected chi connectivity index (χ4v) is 3.89. The largest absolute Gasteiger partial charge is 0.493 e. The van der Waals surface area contributed by atoms with Gasteiger partial charge in [0.05, 0.1) is 19.9 Å². The molecule has 0 aliphatic heterocycles. The first kappa shape index (κ1) is 26.9. The fraction of sp³-hybridized carbons (Fsp3) is 0.133. The number of ether oxygens (including phenoxy) is 3. The van der Waals surface area contributed by atoms with E-state index in [1.807, 2.05) is 60.7 Å². The molecule has 0 spiro atoms. The first-order valence-corrected chi connectivity index (χ1v) is 12.2. The fourth-order valence-electron chi connectivity index (χ4n) is 3.89. The van der Waals surface area contributed by atoms with Crippen LogP contribution < -0.4 is 36.1 Å². The van der Waals surface area contributed by atoms with E-state index < -0.39 is 6.04 Å². The monoisotopic (exact) mass is 525 g/mol. The molecule has 4 aromatic rings. The molecule has 4 rings (SSSR count). The van der Waals surface area contributed by atoms with Gasteiger partial charge in [0.15, 0.2) is 11.5 Å². The lowest BCUT2D eigenvalue weighted by atomic mass is 10.0. The molecule has 1 unspecified atom stereocenters. The molecule has 4 aromatic carbocycles. The number of carbonyl (C=O) groups is 1. The Kier molecular flexibility index (Phi) is 8.87. The van der Waals surface area contributed by atoms with E-state index >= 15 is 0 Å². The zero-order valence-corrected chi connectivity index (χ0v) is 21.7. The molecule has 0 saturated heterocycles. The van der Waals surface area contributed by atoms with Crippen molar-refractivity contribution in [1.82, 2.24) is 5.43 Å². The molecular weight excluding hydrogens is 494 g/mol. The molecule has 9 nitrogen and oxygen atoms in total. The Hall–Kier alpha value is -5.18. The highest BCUT2D eigenvalue weighted by molar-refractivity contribution is 5.95. The van der Waals surface area contributed by atoms with Crippen molar-refractivity contribution in [2.45, 2.75) is 12.6 Å². The Morgan fingerprint density at radius 1 is 0.821 bits per heavy atom. The zero-order chi connectivity index (χ0) is 27.6. The van der Waals surface area contributed by atoms with Crippen molar-refractivity contribution in [2.24, 2.45) is 5.73 Å². The highest BCUT2D eigenvalue weighted by atomic mass is 16.5. The predicted octanol–water partition coefficient (Wildman–Crippen LogP) is 4.86. The van der Waals surface area contributed by atoms with Gasteiger partial charge in [-0.25, -0.2) is 0 Å². The van der Waals surface area contributed by atoms with Crippen LogP contribution in [0.1, 0.15) is 22.7 Å². The maximum absolute atomic E-state index is 13.7. The number of amides is 1. The molecule has 0 aliphatic rings. The maximum atomic E-state index is 13.7. The van der Waals surface area contributed by atoms with Gasteiger partial charge in [-0.3, -0.25) is 21.1 Å². The highest BCUT2D eigenvalue weighted by Crippen LogP contribution is 2.39. The molecule has 39 heavy (non-hydrogen) atoms. The second-order valence-electron chi connectivity index (χ2n) is 8.57. The van der Waals surface area contributed by atoms with Crippen molar-refractivity contribution in [3.8, 4) is 17.2 Å². The van der Waals surface area contributed by atoms with Crippen molar-refractivity contribution in [2.75, 3.05) is 25.0 Å². The molecular formula is C30H31N5O4. The van der Waals surface area contributed by atoms with Gasteiger partial charge in [-0.15, -0.1) is 0 Å². The number of rotatable bonds is 12. The lowest BCUT2D eigenvalue weighted by Gasteiger charge is -2.24. The Labute approximate surface area is 227 Å². The number of carbonyl (C=O) groups excluding carboxylic acids is 1. The van der Waals surface area contributed by atoms with E-state index in [4.69, 9.17) is 25.4 Å². The number of hydrogen-bond acceptors (Lipinski definition) is 7. The van der Waals surface area contributed by atoms with Crippen molar-refractivity contribution >= 4 is 23.1 Å². The van der Waals surface area contributed by atoms with Gasteiger partial charge in [0, 0.05) is 22.9 Å². The van der Waals surface area contributed by atoms with E-state index in [2.05, 4.69) is 16.2 Å². The number of hydrogen-bond donors (Lipinski definition) is 5. The van der Waals surface area contributed by atoms with E-state index in [1.54, 1.807) is 43.5 Å². The van der Waals surface area contributed by atoms with Crippen LogP contribution in [0.3, 0.4) is 0 Å². The first-order valence-electron chi connectivity index (χ1n) is 12.2. The summed E-state index contributed by atoms with van der Waals surface area (Å²) in [5.41, 5.74) is 14.8. The second-order valence-corrected chi connectivity index (χ2v) is 8.57. The smallest absolute Gasteiger partial charge is 0.265 e. The summed E-state index contributed by atoms with van der Waals surface area (Å²) < 4.78 is 17.3. The number of nitrogens with two attached hydrogens (primary N) is 1. The van der Waals surface area contributed by atoms with Gasteiger partial charge in [0.25, 0.3) is 5.91 Å². The van der Waals surface area contributed by atoms with Gasteiger partial charge in [0.2, 0.25) is 0 Å². The zero-order valence-electron chi connectivity index (χ0n) is 21.7. The Morgan fingerprint density at radius 3 is 2.05 bits per heavy atom. The summed E-state index contributed by atoms with van der Waals surface area (Å²) in [4.78, 5) is 13.7. The summed E-state index contributed by atoms with van der Waals surface area (Å²) in [5, 5.41) is 10.9. The summed E-state index contributed by atoms with van der Waals surface area (Å²) in [6.07, 6.45) is 0. The Bertz CT molecular complexity index is 1400. The van der Waals surface area contributed by atoms with Crippen molar-refractivity contribution in [3.05, 3.63) is 114 Å².